The van der Waals surface area contributed by atoms with E-state index in [1.54, 1.807) is 40.6 Å². The van der Waals surface area contributed by atoms with Crippen LogP contribution < -0.4 is 5.56 Å². The van der Waals surface area contributed by atoms with Crippen LogP contribution in [-0.2, 0) is 0 Å². The van der Waals surface area contributed by atoms with E-state index in [0.29, 0.717) is 36.5 Å². The maximum absolute atomic E-state index is 12.7. The highest BCUT2D eigenvalue weighted by Crippen LogP contribution is 2.36. The van der Waals surface area contributed by atoms with Crippen molar-refractivity contribution >= 4 is 28.8 Å². The fourth-order valence-corrected chi connectivity index (χ4v) is 4.65. The van der Waals surface area contributed by atoms with Gasteiger partial charge in [0.2, 0.25) is 5.56 Å². The number of aromatic amines is 1. The van der Waals surface area contributed by atoms with Crippen molar-refractivity contribution in [2.75, 3.05) is 13.1 Å². The molecule has 0 radical (unpaired) electrons. The number of likely N-dealkylation sites (tertiary alicyclic amines) is 1. The highest BCUT2D eigenvalue weighted by atomic mass is 35.5. The fourth-order valence-electron chi connectivity index (χ4n) is 3.35. The summed E-state index contributed by atoms with van der Waals surface area (Å²) in [7, 11) is 0. The Labute approximate surface area is 171 Å². The van der Waals surface area contributed by atoms with Crippen molar-refractivity contribution in [3.05, 3.63) is 68.9 Å². The Hall–Kier alpha value is -2.41. The van der Waals surface area contributed by atoms with Gasteiger partial charge in [-0.25, -0.2) is 0 Å². The van der Waals surface area contributed by atoms with Gasteiger partial charge in [0.15, 0.2) is 0 Å². The number of hydrogen-bond donors (Lipinski definition) is 2. The first-order chi connectivity index (χ1) is 13.5. The van der Waals surface area contributed by atoms with Gasteiger partial charge in [0.1, 0.15) is 0 Å². The average molecular weight is 415 g/mol. The van der Waals surface area contributed by atoms with Crippen LogP contribution in [0.1, 0.15) is 23.2 Å². The third kappa shape index (κ3) is 3.90. The molecule has 1 saturated heterocycles. The van der Waals surface area contributed by atoms with E-state index in [2.05, 4.69) is 4.98 Å². The number of carbonyl (C=O) groups is 1. The number of aliphatic hydroxyl groups is 1. The van der Waals surface area contributed by atoms with E-state index in [0.717, 1.165) is 21.6 Å². The van der Waals surface area contributed by atoms with Gasteiger partial charge in [-0.2, -0.15) is 0 Å². The van der Waals surface area contributed by atoms with Crippen LogP contribution in [0.3, 0.4) is 0 Å². The lowest BCUT2D eigenvalue weighted by Crippen LogP contribution is -2.40. The Balaban J connectivity index is 1.57. The number of piperidine rings is 1. The summed E-state index contributed by atoms with van der Waals surface area (Å²) in [6.45, 7) is 1.12. The van der Waals surface area contributed by atoms with Gasteiger partial charge in [-0.3, -0.25) is 9.59 Å². The monoisotopic (exact) mass is 414 g/mol. The van der Waals surface area contributed by atoms with Crippen LogP contribution in [0.5, 0.6) is 0 Å². The summed E-state index contributed by atoms with van der Waals surface area (Å²) in [5, 5.41) is 12.1. The molecule has 3 aromatic rings. The summed E-state index contributed by atoms with van der Waals surface area (Å²) >= 11 is 8.03. The minimum Gasteiger partial charge on any atom is -0.393 e. The third-order valence-electron chi connectivity index (χ3n) is 4.94. The van der Waals surface area contributed by atoms with Crippen molar-refractivity contribution in [2.24, 2.45) is 0 Å². The minimum absolute atomic E-state index is 0.0595. The number of pyridine rings is 1. The number of benzene rings is 1. The molecule has 5 nitrogen and oxygen atoms in total. The van der Waals surface area contributed by atoms with Gasteiger partial charge in [0.05, 0.1) is 11.1 Å². The molecule has 0 spiro atoms. The molecule has 7 heteroatoms. The zero-order chi connectivity index (χ0) is 19.7. The first-order valence-corrected chi connectivity index (χ1v) is 10.3. The lowest BCUT2D eigenvalue weighted by atomic mass is 10.0. The number of thiophene rings is 1. The zero-order valence-corrected chi connectivity index (χ0v) is 16.6. The van der Waals surface area contributed by atoms with Crippen molar-refractivity contribution < 1.29 is 9.90 Å². The predicted molar refractivity (Wildman–Crippen MR) is 112 cm³/mol. The zero-order valence-electron chi connectivity index (χ0n) is 15.0. The average Bonchev–Trinajstić information content (AvgIpc) is 3.18. The Bertz CT molecular complexity index is 1070. The molecular formula is C21H19ClN2O3S. The fraction of sp³-hybridized carbons (Fsp3) is 0.238. The number of halogens is 1. The van der Waals surface area contributed by atoms with E-state index in [1.165, 1.54) is 0 Å². The summed E-state index contributed by atoms with van der Waals surface area (Å²) < 4.78 is 0. The maximum Gasteiger partial charge on any atom is 0.253 e. The van der Waals surface area contributed by atoms with Gasteiger partial charge in [-0.15, -0.1) is 11.3 Å². The Morgan fingerprint density at radius 2 is 1.93 bits per heavy atom. The van der Waals surface area contributed by atoms with Crippen molar-refractivity contribution in [1.29, 1.82) is 0 Å². The van der Waals surface area contributed by atoms with Crippen molar-refractivity contribution in [2.45, 2.75) is 18.9 Å². The molecule has 1 fully saturated rings. The predicted octanol–water partition coefficient (Wildman–Crippen LogP) is 4.02. The van der Waals surface area contributed by atoms with Gasteiger partial charge in [0.25, 0.3) is 5.91 Å². The quantitative estimate of drug-likeness (QED) is 0.679. The minimum atomic E-state index is -0.316. The number of nitrogens with one attached hydrogen (secondary N) is 1. The van der Waals surface area contributed by atoms with Crippen molar-refractivity contribution in [3.63, 3.8) is 0 Å². The maximum atomic E-state index is 12.7. The molecule has 4 rings (SSSR count). The lowest BCUT2D eigenvalue weighted by molar-refractivity contribution is 0.0546. The van der Waals surface area contributed by atoms with Gasteiger partial charge in [-0.05, 0) is 53.6 Å². The van der Waals surface area contributed by atoms with Gasteiger partial charge in [0, 0.05) is 41.4 Å². The second kappa shape index (κ2) is 7.91. The van der Waals surface area contributed by atoms with E-state index in [9.17, 15) is 14.7 Å². The van der Waals surface area contributed by atoms with Crippen LogP contribution in [0.25, 0.3) is 21.6 Å². The Kier molecular flexibility index (Phi) is 5.35. The SMILES string of the molecule is O=C(c1ccc(-c2cc(-c3cc[nH]c(=O)c3)cs2)c(Cl)c1)N1CCC(O)CC1. The molecule has 0 saturated carbocycles. The van der Waals surface area contributed by atoms with E-state index < -0.39 is 0 Å². The number of aliphatic hydroxyl groups excluding tert-OH is 1. The number of rotatable bonds is 3. The summed E-state index contributed by atoms with van der Waals surface area (Å²) in [5.74, 6) is -0.0595. The van der Waals surface area contributed by atoms with E-state index in [4.69, 9.17) is 11.6 Å². The smallest absolute Gasteiger partial charge is 0.253 e. The normalized spacial score (nSPS) is 15.0. The molecule has 1 amide bonds. The van der Waals surface area contributed by atoms with Crippen LogP contribution in [0, 0.1) is 0 Å². The topological polar surface area (TPSA) is 73.4 Å². The second-order valence-corrected chi connectivity index (χ2v) is 8.18. The lowest BCUT2D eigenvalue weighted by Gasteiger charge is -2.29. The van der Waals surface area contributed by atoms with Crippen LogP contribution >= 0.6 is 22.9 Å². The number of hydrogen-bond acceptors (Lipinski definition) is 4. The molecule has 28 heavy (non-hydrogen) atoms. The largest absolute Gasteiger partial charge is 0.393 e. The molecule has 0 aliphatic carbocycles. The number of H-pyrrole nitrogens is 1. The number of nitrogens with zero attached hydrogens (tertiary/aromatic N) is 1. The van der Waals surface area contributed by atoms with E-state index in [-0.39, 0.29) is 17.6 Å². The summed E-state index contributed by atoms with van der Waals surface area (Å²) in [6, 6.07) is 10.8. The van der Waals surface area contributed by atoms with Crippen molar-refractivity contribution in [3.8, 4) is 21.6 Å². The van der Waals surface area contributed by atoms with Crippen molar-refractivity contribution in [1.82, 2.24) is 9.88 Å². The highest BCUT2D eigenvalue weighted by molar-refractivity contribution is 7.14. The first kappa shape index (κ1) is 18.9. The molecule has 0 bridgehead atoms. The molecule has 1 aliphatic rings. The summed E-state index contributed by atoms with van der Waals surface area (Å²) in [4.78, 5) is 29.5. The number of amides is 1. The Morgan fingerprint density at radius 3 is 2.64 bits per heavy atom. The molecule has 3 heterocycles. The van der Waals surface area contributed by atoms with E-state index >= 15 is 0 Å². The standard InChI is InChI=1S/C21H19ClN2O3S/c22-18-9-14(21(27)24-7-4-16(25)5-8-24)1-2-17(18)19-10-15(12-28-19)13-3-6-23-20(26)11-13/h1-3,6,9-12,16,25H,4-5,7-8H2,(H,23,26). The van der Waals surface area contributed by atoms with Crippen LogP contribution in [0.15, 0.2) is 52.8 Å². The van der Waals surface area contributed by atoms with Gasteiger partial charge < -0.3 is 15.0 Å². The Morgan fingerprint density at radius 1 is 1.14 bits per heavy atom. The number of carbonyl (C=O) groups excluding carboxylic acids is 1. The summed E-state index contributed by atoms with van der Waals surface area (Å²) in [5.41, 5.74) is 3.07. The first-order valence-electron chi connectivity index (χ1n) is 9.06. The molecule has 1 aromatic carbocycles. The summed E-state index contributed by atoms with van der Waals surface area (Å²) in [6.07, 6.45) is 2.53. The van der Waals surface area contributed by atoms with Crippen LogP contribution in [-0.4, -0.2) is 40.1 Å². The third-order valence-corrected chi connectivity index (χ3v) is 6.22. The van der Waals surface area contributed by atoms with Crippen LogP contribution in [0.4, 0.5) is 0 Å². The van der Waals surface area contributed by atoms with E-state index in [1.807, 2.05) is 23.6 Å². The highest BCUT2D eigenvalue weighted by Gasteiger charge is 2.23. The molecule has 0 atom stereocenters. The number of aromatic nitrogens is 1. The molecule has 1 aliphatic heterocycles. The molecule has 2 N–H and O–H groups in total. The van der Waals surface area contributed by atoms with Gasteiger partial charge >= 0.3 is 0 Å². The molecule has 0 unspecified atom stereocenters. The van der Waals surface area contributed by atoms with Crippen LogP contribution in [0.2, 0.25) is 5.02 Å². The second-order valence-electron chi connectivity index (χ2n) is 6.86. The molecular weight excluding hydrogens is 396 g/mol. The molecule has 144 valence electrons. The molecule has 2 aromatic heterocycles. The van der Waals surface area contributed by atoms with Gasteiger partial charge in [-0.1, -0.05) is 17.7 Å².